The number of rotatable bonds is 8. The first kappa shape index (κ1) is 24.5. The van der Waals surface area contributed by atoms with Crippen molar-refractivity contribution in [2.45, 2.75) is 52.0 Å². The van der Waals surface area contributed by atoms with Crippen molar-refractivity contribution in [1.29, 1.82) is 0 Å². The van der Waals surface area contributed by atoms with Crippen LogP contribution in [0.1, 0.15) is 40.9 Å². The van der Waals surface area contributed by atoms with Gasteiger partial charge in [0.2, 0.25) is 15.9 Å². The summed E-state index contributed by atoms with van der Waals surface area (Å²) in [6.07, 6.45) is 2.60. The number of piperidine rings is 1. The number of nitrogens with zero attached hydrogens (tertiary/aromatic N) is 2. The molecule has 0 spiro atoms. The van der Waals surface area contributed by atoms with E-state index in [2.05, 4.69) is 0 Å². The van der Waals surface area contributed by atoms with E-state index >= 15 is 0 Å². The van der Waals surface area contributed by atoms with Gasteiger partial charge in [-0.2, -0.15) is 4.31 Å². The third-order valence-electron chi connectivity index (χ3n) is 6.50. The molecule has 1 aromatic carbocycles. The summed E-state index contributed by atoms with van der Waals surface area (Å²) >= 11 is 0. The second kappa shape index (κ2) is 10.2. The lowest BCUT2D eigenvalue weighted by molar-refractivity contribution is -0.138. The monoisotopic (exact) mass is 462 g/mol. The number of aryl methyl sites for hydroxylation is 2. The Morgan fingerprint density at radius 2 is 1.78 bits per heavy atom. The number of carbonyl (C=O) groups excluding carboxylic acids is 1. The molecule has 8 heteroatoms. The fourth-order valence-corrected chi connectivity index (χ4v) is 6.40. The Morgan fingerprint density at radius 1 is 1.16 bits per heavy atom. The van der Waals surface area contributed by atoms with Crippen molar-refractivity contribution in [3.05, 3.63) is 52.5 Å². The minimum absolute atomic E-state index is 0.0225. The Hall–Kier alpha value is -2.16. The van der Waals surface area contributed by atoms with Crippen molar-refractivity contribution in [3.63, 3.8) is 0 Å². The average Bonchev–Trinajstić information content (AvgIpc) is 3.28. The molecule has 0 unspecified atom stereocenters. The lowest BCUT2D eigenvalue weighted by Gasteiger charge is -2.34. The fraction of sp³-hybridized carbons (Fsp3) is 0.542. The highest BCUT2D eigenvalue weighted by atomic mass is 32.2. The lowest BCUT2D eigenvalue weighted by Crippen LogP contribution is -2.45. The number of methoxy groups -OCH3 is 1. The number of amides is 1. The molecule has 1 aliphatic rings. The highest BCUT2D eigenvalue weighted by Crippen LogP contribution is 2.31. The van der Waals surface area contributed by atoms with Gasteiger partial charge in [-0.15, -0.1) is 0 Å². The van der Waals surface area contributed by atoms with Crippen LogP contribution in [0.2, 0.25) is 0 Å². The Bertz CT molecular complexity index is 1010. The molecular formula is C24H34N2O5S. The molecule has 0 bridgehead atoms. The molecule has 1 aliphatic heterocycles. The largest absolute Gasteiger partial charge is 0.467 e. The first-order valence-corrected chi connectivity index (χ1v) is 12.5. The third kappa shape index (κ3) is 5.08. The van der Waals surface area contributed by atoms with Gasteiger partial charge in [0.25, 0.3) is 0 Å². The SMILES string of the molecule is COCCN(Cc1ccco1)C(=O)C1CCN(S(=O)(=O)c2c(C)c(C)cc(C)c2C)CC1. The van der Waals surface area contributed by atoms with Crippen molar-refractivity contribution in [3.8, 4) is 0 Å². The van der Waals surface area contributed by atoms with Crippen LogP contribution < -0.4 is 0 Å². The highest BCUT2D eigenvalue weighted by Gasteiger charge is 2.35. The summed E-state index contributed by atoms with van der Waals surface area (Å²) in [5.74, 6) is 0.527. The summed E-state index contributed by atoms with van der Waals surface area (Å²) < 4.78 is 39.1. The Labute approximate surface area is 191 Å². The van der Waals surface area contributed by atoms with Crippen LogP contribution in [0.25, 0.3) is 0 Å². The van der Waals surface area contributed by atoms with Gasteiger partial charge in [0.15, 0.2) is 0 Å². The summed E-state index contributed by atoms with van der Waals surface area (Å²) in [4.78, 5) is 15.4. The van der Waals surface area contributed by atoms with Crippen molar-refractivity contribution in [2.24, 2.45) is 5.92 Å². The molecule has 1 saturated heterocycles. The van der Waals surface area contributed by atoms with Gasteiger partial charge in [0.05, 0.1) is 24.3 Å². The van der Waals surface area contributed by atoms with Crippen LogP contribution in [0.4, 0.5) is 0 Å². The van der Waals surface area contributed by atoms with Gasteiger partial charge in [0, 0.05) is 32.7 Å². The highest BCUT2D eigenvalue weighted by molar-refractivity contribution is 7.89. The molecule has 1 amide bonds. The van der Waals surface area contributed by atoms with E-state index in [0.29, 0.717) is 50.5 Å². The minimum atomic E-state index is -3.62. The van der Waals surface area contributed by atoms with E-state index in [4.69, 9.17) is 9.15 Å². The van der Waals surface area contributed by atoms with Gasteiger partial charge in [-0.25, -0.2) is 8.42 Å². The minimum Gasteiger partial charge on any atom is -0.467 e. The number of ether oxygens (including phenoxy) is 1. The van der Waals surface area contributed by atoms with Crippen LogP contribution >= 0.6 is 0 Å². The second-order valence-electron chi connectivity index (χ2n) is 8.60. The molecule has 0 atom stereocenters. The molecule has 0 radical (unpaired) electrons. The van der Waals surface area contributed by atoms with E-state index in [1.54, 1.807) is 24.3 Å². The van der Waals surface area contributed by atoms with Gasteiger partial charge in [-0.3, -0.25) is 4.79 Å². The summed E-state index contributed by atoms with van der Waals surface area (Å²) in [6, 6.07) is 5.67. The molecule has 1 fully saturated rings. The first-order valence-electron chi connectivity index (χ1n) is 11.0. The van der Waals surface area contributed by atoms with E-state index in [9.17, 15) is 13.2 Å². The Kier molecular flexibility index (Phi) is 7.79. The Morgan fingerprint density at radius 3 is 2.31 bits per heavy atom. The Balaban J connectivity index is 1.73. The maximum atomic E-state index is 13.5. The maximum Gasteiger partial charge on any atom is 0.243 e. The topological polar surface area (TPSA) is 80.1 Å². The fourth-order valence-electron chi connectivity index (χ4n) is 4.36. The number of benzene rings is 1. The predicted molar refractivity (Wildman–Crippen MR) is 123 cm³/mol. The molecule has 0 N–H and O–H groups in total. The van der Waals surface area contributed by atoms with E-state index in [1.807, 2.05) is 39.8 Å². The molecule has 2 heterocycles. The molecule has 176 valence electrons. The zero-order valence-electron chi connectivity index (χ0n) is 19.7. The number of sulfonamides is 1. The zero-order valence-corrected chi connectivity index (χ0v) is 20.5. The lowest BCUT2D eigenvalue weighted by atomic mass is 9.96. The number of carbonyl (C=O) groups is 1. The molecule has 1 aromatic heterocycles. The molecule has 7 nitrogen and oxygen atoms in total. The number of hydrogen-bond acceptors (Lipinski definition) is 5. The predicted octanol–water partition coefficient (Wildman–Crippen LogP) is 3.59. The first-order chi connectivity index (χ1) is 15.2. The summed E-state index contributed by atoms with van der Waals surface area (Å²) in [7, 11) is -2.01. The van der Waals surface area contributed by atoms with Gasteiger partial charge >= 0.3 is 0 Å². The summed E-state index contributed by atoms with van der Waals surface area (Å²) in [5.41, 5.74) is 3.55. The van der Waals surface area contributed by atoms with Gasteiger partial charge in [0.1, 0.15) is 5.76 Å². The normalized spacial score (nSPS) is 15.8. The van der Waals surface area contributed by atoms with Crippen LogP contribution in [0.5, 0.6) is 0 Å². The molecular weight excluding hydrogens is 428 g/mol. The van der Waals surface area contributed by atoms with Crippen LogP contribution in [0.3, 0.4) is 0 Å². The molecule has 3 rings (SSSR count). The van der Waals surface area contributed by atoms with Crippen LogP contribution in [0.15, 0.2) is 33.8 Å². The molecule has 0 saturated carbocycles. The standard InChI is InChI=1S/C24H34N2O5S/c1-17-15-18(2)20(4)23(19(17)3)32(28,29)26-10-8-21(9-11-26)24(27)25(12-14-30-5)16-22-7-6-13-31-22/h6-7,13,15,21H,8-12,14,16H2,1-5H3. The van der Waals surface area contributed by atoms with Crippen molar-refractivity contribution in [1.82, 2.24) is 9.21 Å². The van der Waals surface area contributed by atoms with Crippen molar-refractivity contribution < 1.29 is 22.4 Å². The van der Waals surface area contributed by atoms with Crippen LogP contribution in [0, 0.1) is 33.6 Å². The van der Waals surface area contributed by atoms with Crippen LogP contribution in [-0.4, -0.2) is 56.9 Å². The smallest absolute Gasteiger partial charge is 0.243 e. The number of hydrogen-bond donors (Lipinski definition) is 0. The average molecular weight is 463 g/mol. The number of furan rings is 1. The van der Waals surface area contributed by atoms with Gasteiger partial charge in [-0.1, -0.05) is 6.07 Å². The van der Waals surface area contributed by atoms with E-state index in [1.165, 1.54) is 4.31 Å². The van der Waals surface area contributed by atoms with Gasteiger partial charge < -0.3 is 14.1 Å². The second-order valence-corrected chi connectivity index (χ2v) is 10.5. The quantitative estimate of drug-likeness (QED) is 0.599. The van der Waals surface area contributed by atoms with Crippen molar-refractivity contribution >= 4 is 15.9 Å². The maximum absolute atomic E-state index is 13.5. The van der Waals surface area contributed by atoms with Crippen molar-refractivity contribution in [2.75, 3.05) is 33.4 Å². The van der Waals surface area contributed by atoms with E-state index in [0.717, 1.165) is 28.0 Å². The zero-order chi connectivity index (χ0) is 23.5. The summed E-state index contributed by atoms with van der Waals surface area (Å²) in [5, 5.41) is 0. The van der Waals surface area contributed by atoms with Gasteiger partial charge in [-0.05, 0) is 74.9 Å². The molecule has 0 aliphatic carbocycles. The molecule has 2 aromatic rings. The van der Waals surface area contributed by atoms with E-state index in [-0.39, 0.29) is 11.8 Å². The third-order valence-corrected chi connectivity index (χ3v) is 8.68. The van der Waals surface area contributed by atoms with E-state index < -0.39 is 10.0 Å². The molecule has 32 heavy (non-hydrogen) atoms. The van der Waals surface area contributed by atoms with Crippen LogP contribution in [-0.2, 0) is 26.1 Å². The summed E-state index contributed by atoms with van der Waals surface area (Å²) in [6.45, 7) is 9.58.